The lowest BCUT2D eigenvalue weighted by Crippen LogP contribution is -2.68. The van der Waals surface area contributed by atoms with Gasteiger partial charge in [-0.1, -0.05) is 12.1 Å². The minimum Gasteiger partial charge on any atom is -0.377 e. The maximum absolute atomic E-state index is 11.8. The van der Waals surface area contributed by atoms with Gasteiger partial charge in [-0.05, 0) is 19.1 Å². The number of para-hydroxylation sites is 2. The monoisotopic (exact) mass is 363 g/mol. The Morgan fingerprint density at radius 3 is 2.48 bits per heavy atom. The molecule has 0 amide bonds. The SMILES string of the molecule is CC[n+]1c2ccccc2nc2cc3c(cc21)NCC3=O.[O-][Cl+3]([O-])([O-])[O-]. The molecule has 0 atom stereocenters. The summed E-state index contributed by atoms with van der Waals surface area (Å²) in [6.45, 7) is 3.38. The number of hydrogen-bond donors (Lipinski definition) is 1. The quantitative estimate of drug-likeness (QED) is 0.374. The van der Waals surface area contributed by atoms with Crippen LogP contribution in [0.2, 0.25) is 0 Å². The number of ketones is 1. The minimum absolute atomic E-state index is 0.139. The number of halogens is 1. The van der Waals surface area contributed by atoms with E-state index in [1.165, 1.54) is 0 Å². The molecule has 0 unspecified atom stereocenters. The summed E-state index contributed by atoms with van der Waals surface area (Å²) in [6.07, 6.45) is 0. The molecule has 0 radical (unpaired) electrons. The fraction of sp³-hybridized carbons (Fsp3) is 0.188. The predicted octanol–water partition coefficient (Wildman–Crippen LogP) is -2.45. The van der Waals surface area contributed by atoms with Crippen LogP contribution >= 0.6 is 0 Å². The number of aromatic nitrogens is 2. The van der Waals surface area contributed by atoms with Gasteiger partial charge in [-0.15, -0.1) is 10.2 Å². The first-order chi connectivity index (χ1) is 11.8. The van der Waals surface area contributed by atoms with E-state index in [9.17, 15) is 4.79 Å². The molecule has 1 N–H and O–H groups in total. The van der Waals surface area contributed by atoms with Crippen molar-refractivity contribution >= 4 is 33.5 Å². The largest absolute Gasteiger partial charge is 0.377 e. The summed E-state index contributed by atoms with van der Waals surface area (Å²) in [6, 6.07) is 12.0. The van der Waals surface area contributed by atoms with Crippen molar-refractivity contribution in [2.75, 3.05) is 11.9 Å². The number of rotatable bonds is 1. The van der Waals surface area contributed by atoms with Gasteiger partial charge < -0.3 is 5.32 Å². The molecular formula is C16H14ClN3O5. The highest BCUT2D eigenvalue weighted by Gasteiger charge is 2.24. The highest BCUT2D eigenvalue weighted by Crippen LogP contribution is 2.27. The van der Waals surface area contributed by atoms with Crippen molar-refractivity contribution in [1.29, 1.82) is 0 Å². The van der Waals surface area contributed by atoms with Gasteiger partial charge in [-0.25, -0.2) is 23.6 Å². The summed E-state index contributed by atoms with van der Waals surface area (Å²) in [7, 11) is -4.94. The third-order valence-electron chi connectivity index (χ3n) is 3.87. The van der Waals surface area contributed by atoms with Crippen LogP contribution in [-0.4, -0.2) is 17.3 Å². The zero-order chi connectivity index (χ0) is 18.2. The minimum atomic E-state index is -4.94. The number of hydrogen-bond acceptors (Lipinski definition) is 7. The van der Waals surface area contributed by atoms with E-state index in [-0.39, 0.29) is 5.78 Å². The van der Waals surface area contributed by atoms with Crippen LogP contribution < -0.4 is 28.5 Å². The fourth-order valence-corrected chi connectivity index (χ4v) is 2.92. The molecule has 0 aliphatic carbocycles. The second-order valence-electron chi connectivity index (χ2n) is 5.39. The van der Waals surface area contributed by atoms with Gasteiger partial charge in [0.1, 0.15) is 17.6 Å². The van der Waals surface area contributed by atoms with Gasteiger partial charge >= 0.3 is 0 Å². The Kier molecular flexibility index (Phi) is 4.55. The Hall–Kier alpha value is -2.36. The molecule has 0 bridgehead atoms. The summed E-state index contributed by atoms with van der Waals surface area (Å²) in [4.78, 5) is 16.5. The molecule has 4 rings (SSSR count). The van der Waals surface area contributed by atoms with Crippen molar-refractivity contribution < 1.29 is 38.2 Å². The Morgan fingerprint density at radius 1 is 1.12 bits per heavy atom. The molecule has 1 aliphatic heterocycles. The van der Waals surface area contributed by atoms with Crippen molar-refractivity contribution in [1.82, 2.24) is 4.98 Å². The van der Waals surface area contributed by atoms with Crippen LogP contribution in [0.25, 0.3) is 22.1 Å². The molecule has 0 saturated heterocycles. The number of nitrogens with one attached hydrogen (secondary N) is 1. The Balaban J connectivity index is 0.000000324. The lowest BCUT2D eigenvalue weighted by molar-refractivity contribution is -2.00. The van der Waals surface area contributed by atoms with Crippen LogP contribution in [0.3, 0.4) is 0 Å². The molecule has 9 heteroatoms. The van der Waals surface area contributed by atoms with Gasteiger partial charge in [0.15, 0.2) is 5.78 Å². The lowest BCUT2D eigenvalue weighted by atomic mass is 10.1. The fourth-order valence-electron chi connectivity index (χ4n) is 2.92. The van der Waals surface area contributed by atoms with Crippen molar-refractivity contribution in [2.24, 2.45) is 0 Å². The summed E-state index contributed by atoms with van der Waals surface area (Å²) >= 11 is 0. The molecule has 0 fully saturated rings. The molecule has 3 aromatic rings. The average Bonchev–Trinajstić information content (AvgIpc) is 2.89. The summed E-state index contributed by atoms with van der Waals surface area (Å²) < 4.78 is 36.2. The number of nitrogens with zero attached hydrogens (tertiary/aromatic N) is 2. The van der Waals surface area contributed by atoms with E-state index in [1.807, 2.05) is 30.3 Å². The first-order valence-corrected chi connectivity index (χ1v) is 8.66. The van der Waals surface area contributed by atoms with Gasteiger partial charge in [-0.3, -0.25) is 4.79 Å². The van der Waals surface area contributed by atoms with E-state index in [4.69, 9.17) is 23.6 Å². The first-order valence-electron chi connectivity index (χ1n) is 7.43. The number of benzene rings is 2. The van der Waals surface area contributed by atoms with Crippen molar-refractivity contribution in [3.63, 3.8) is 0 Å². The van der Waals surface area contributed by atoms with Crippen LogP contribution in [0.15, 0.2) is 36.4 Å². The van der Waals surface area contributed by atoms with Crippen LogP contribution in [0, 0.1) is 10.2 Å². The number of aryl methyl sites for hydroxylation is 1. The van der Waals surface area contributed by atoms with Crippen molar-refractivity contribution in [2.45, 2.75) is 13.5 Å². The van der Waals surface area contributed by atoms with Gasteiger partial charge in [0, 0.05) is 17.7 Å². The molecule has 0 saturated carbocycles. The molecule has 1 aliphatic rings. The van der Waals surface area contributed by atoms with Gasteiger partial charge in [0.2, 0.25) is 11.0 Å². The maximum Gasteiger partial charge on any atom is 0.233 e. The topological polar surface area (TPSA) is 138 Å². The third kappa shape index (κ3) is 3.68. The normalized spacial score (nSPS) is 13.4. The van der Waals surface area contributed by atoms with Crippen LogP contribution in [0.5, 0.6) is 0 Å². The Morgan fingerprint density at radius 2 is 1.80 bits per heavy atom. The van der Waals surface area contributed by atoms with E-state index < -0.39 is 10.2 Å². The Labute approximate surface area is 144 Å². The molecule has 1 aromatic heterocycles. The lowest BCUT2D eigenvalue weighted by Gasteiger charge is -2.17. The first kappa shape index (κ1) is 17.5. The number of carbonyl (C=O) groups is 1. The predicted molar refractivity (Wildman–Crippen MR) is 77.9 cm³/mol. The summed E-state index contributed by atoms with van der Waals surface area (Å²) in [5.74, 6) is 0.139. The van der Waals surface area contributed by atoms with E-state index in [0.29, 0.717) is 6.54 Å². The summed E-state index contributed by atoms with van der Waals surface area (Å²) in [5.41, 5.74) is 5.69. The molecule has 2 heterocycles. The van der Waals surface area contributed by atoms with Crippen LogP contribution in [0.1, 0.15) is 17.3 Å². The van der Waals surface area contributed by atoms with E-state index in [0.717, 1.165) is 39.9 Å². The Bertz CT molecular complexity index is 965. The highest BCUT2D eigenvalue weighted by atomic mass is 35.7. The molecule has 130 valence electrons. The molecular weight excluding hydrogens is 350 g/mol. The van der Waals surface area contributed by atoms with Crippen molar-refractivity contribution in [3.8, 4) is 0 Å². The van der Waals surface area contributed by atoms with E-state index >= 15 is 0 Å². The number of Topliss-reactive ketones (excluding diaryl/α,β-unsaturated/α-hetero) is 1. The number of anilines is 1. The second-order valence-corrected chi connectivity index (χ2v) is 6.14. The molecule has 25 heavy (non-hydrogen) atoms. The smallest absolute Gasteiger partial charge is 0.233 e. The molecule has 8 nitrogen and oxygen atoms in total. The maximum atomic E-state index is 11.8. The van der Waals surface area contributed by atoms with E-state index in [2.05, 4.69) is 22.9 Å². The highest BCUT2D eigenvalue weighted by molar-refractivity contribution is 6.10. The van der Waals surface area contributed by atoms with Crippen LogP contribution in [0.4, 0.5) is 5.69 Å². The molecule has 0 spiro atoms. The average molecular weight is 364 g/mol. The van der Waals surface area contributed by atoms with Gasteiger partial charge in [0.05, 0.1) is 12.2 Å². The third-order valence-corrected chi connectivity index (χ3v) is 3.87. The molecule has 2 aromatic carbocycles. The summed E-state index contributed by atoms with van der Waals surface area (Å²) in [5, 5.41) is 3.15. The number of fused-ring (bicyclic) bond motifs is 3. The zero-order valence-corrected chi connectivity index (χ0v) is 13.9. The van der Waals surface area contributed by atoms with Gasteiger partial charge in [0.25, 0.3) is 0 Å². The van der Waals surface area contributed by atoms with E-state index in [1.54, 1.807) is 0 Å². The standard InChI is InChI=1S/C16H13N3O.ClHO4/c1-2-19-14-6-4-3-5-11(14)18-13-7-10-12(8-15(13)19)17-9-16(10)20;2-1(3,4)5/h3-8H,2,9H2,1H3;(H,2,3,4,5). The second kappa shape index (κ2) is 6.51. The van der Waals surface area contributed by atoms with Crippen LogP contribution in [-0.2, 0) is 6.54 Å². The van der Waals surface area contributed by atoms with Gasteiger partial charge in [-0.2, -0.15) is 4.57 Å². The number of carbonyl (C=O) groups excluding carboxylic acids is 1. The zero-order valence-electron chi connectivity index (χ0n) is 13.2. The van der Waals surface area contributed by atoms with Crippen molar-refractivity contribution in [3.05, 3.63) is 42.0 Å².